The number of rotatable bonds is 2. The van der Waals surface area contributed by atoms with E-state index < -0.39 is 29.0 Å². The fourth-order valence-electron chi connectivity index (χ4n) is 2.36. The molecular formula is C17H11F6N. The number of benzene rings is 2. The zero-order valence-electron chi connectivity index (χ0n) is 12.4. The van der Waals surface area contributed by atoms with Gasteiger partial charge in [0.05, 0.1) is 22.8 Å². The molecule has 2 rings (SSSR count). The molecule has 0 heterocycles. The topological polar surface area (TPSA) is 23.8 Å². The quantitative estimate of drug-likeness (QED) is 0.630. The molecule has 2 aromatic carbocycles. The van der Waals surface area contributed by atoms with Gasteiger partial charge in [0.25, 0.3) is 0 Å². The minimum Gasteiger partial charge on any atom is -0.192 e. The molecule has 7 heteroatoms. The summed E-state index contributed by atoms with van der Waals surface area (Å²) in [6.07, 6.45) is -9.79. The van der Waals surface area contributed by atoms with E-state index in [1.165, 1.54) is 18.2 Å². The van der Waals surface area contributed by atoms with Crippen molar-refractivity contribution in [3.8, 4) is 17.2 Å². The lowest BCUT2D eigenvalue weighted by atomic mass is 9.93. The lowest BCUT2D eigenvalue weighted by Crippen LogP contribution is -2.18. The SMILES string of the molecule is CCc1ccc(-c2cc(C#N)c(C(F)(F)F)c(C(F)(F)F)c2)cc1. The van der Waals surface area contributed by atoms with Crippen LogP contribution in [-0.2, 0) is 18.8 Å². The van der Waals surface area contributed by atoms with Gasteiger partial charge in [0.15, 0.2) is 0 Å². The van der Waals surface area contributed by atoms with Gasteiger partial charge < -0.3 is 0 Å². The molecule has 1 nitrogen and oxygen atoms in total. The van der Waals surface area contributed by atoms with E-state index in [1.807, 2.05) is 6.92 Å². The van der Waals surface area contributed by atoms with Gasteiger partial charge >= 0.3 is 12.4 Å². The monoisotopic (exact) mass is 343 g/mol. The number of alkyl halides is 6. The van der Waals surface area contributed by atoms with E-state index in [0.717, 1.165) is 11.6 Å². The third-order valence-corrected chi connectivity index (χ3v) is 3.54. The first-order valence-electron chi connectivity index (χ1n) is 6.89. The van der Waals surface area contributed by atoms with Gasteiger partial charge in [-0.2, -0.15) is 31.6 Å². The van der Waals surface area contributed by atoms with Gasteiger partial charge in [-0.25, -0.2) is 0 Å². The maximum atomic E-state index is 13.1. The molecule has 0 saturated heterocycles. The summed E-state index contributed by atoms with van der Waals surface area (Å²) in [5.41, 5.74) is -3.71. The average Bonchev–Trinajstić information content (AvgIpc) is 2.52. The fourth-order valence-corrected chi connectivity index (χ4v) is 2.36. The molecule has 0 aromatic heterocycles. The largest absolute Gasteiger partial charge is 0.418 e. The van der Waals surface area contributed by atoms with Crippen molar-refractivity contribution in [1.82, 2.24) is 0 Å². The van der Waals surface area contributed by atoms with Gasteiger partial charge in [-0.15, -0.1) is 0 Å². The smallest absolute Gasteiger partial charge is 0.192 e. The molecule has 0 aliphatic heterocycles. The van der Waals surface area contributed by atoms with Crippen molar-refractivity contribution in [3.05, 3.63) is 58.7 Å². The minimum atomic E-state index is -5.28. The molecule has 126 valence electrons. The van der Waals surface area contributed by atoms with Crippen molar-refractivity contribution in [1.29, 1.82) is 5.26 Å². The van der Waals surface area contributed by atoms with Crippen LogP contribution in [0.2, 0.25) is 0 Å². The number of hydrogen-bond donors (Lipinski definition) is 0. The number of hydrogen-bond acceptors (Lipinski definition) is 1. The van der Waals surface area contributed by atoms with Crippen LogP contribution in [0.5, 0.6) is 0 Å². The molecule has 0 bridgehead atoms. The summed E-state index contributed by atoms with van der Waals surface area (Å²) < 4.78 is 78.3. The van der Waals surface area contributed by atoms with Crippen LogP contribution in [0.25, 0.3) is 11.1 Å². The number of nitriles is 1. The maximum Gasteiger partial charge on any atom is 0.418 e. The third-order valence-electron chi connectivity index (χ3n) is 3.54. The first kappa shape index (κ1) is 17.9. The van der Waals surface area contributed by atoms with Crippen LogP contribution in [0.4, 0.5) is 26.3 Å². The first-order valence-corrected chi connectivity index (χ1v) is 6.89. The maximum absolute atomic E-state index is 13.1. The molecule has 0 aliphatic rings. The standard InChI is InChI=1S/C17H11F6N/c1-2-10-3-5-11(6-4-10)12-7-13(9-24)15(17(21,22)23)14(8-12)16(18,19)20/h3-8H,2H2,1H3. The highest BCUT2D eigenvalue weighted by molar-refractivity contribution is 5.69. The van der Waals surface area contributed by atoms with Crippen LogP contribution in [0, 0.1) is 11.3 Å². The van der Waals surface area contributed by atoms with Gasteiger partial charge in [0, 0.05) is 0 Å². The molecule has 0 saturated carbocycles. The second-order valence-electron chi connectivity index (χ2n) is 5.10. The highest BCUT2D eigenvalue weighted by Crippen LogP contribution is 2.43. The summed E-state index contributed by atoms with van der Waals surface area (Å²) in [4.78, 5) is 0. The Morgan fingerprint density at radius 3 is 1.88 bits per heavy atom. The van der Waals surface area contributed by atoms with Gasteiger partial charge in [-0.3, -0.25) is 0 Å². The molecule has 0 unspecified atom stereocenters. The summed E-state index contributed by atoms with van der Waals surface area (Å²) in [5.74, 6) is 0. The average molecular weight is 343 g/mol. The molecule has 0 atom stereocenters. The van der Waals surface area contributed by atoms with E-state index in [9.17, 15) is 26.3 Å². The zero-order chi connectivity index (χ0) is 18.1. The van der Waals surface area contributed by atoms with Crippen molar-refractivity contribution in [2.24, 2.45) is 0 Å². The Labute approximate surface area is 134 Å². The molecule has 0 radical (unpaired) electrons. The molecule has 0 spiro atoms. The van der Waals surface area contributed by atoms with Crippen LogP contribution in [0.1, 0.15) is 29.2 Å². The van der Waals surface area contributed by atoms with Crippen molar-refractivity contribution >= 4 is 0 Å². The van der Waals surface area contributed by atoms with Crippen molar-refractivity contribution in [3.63, 3.8) is 0 Å². The second kappa shape index (κ2) is 6.19. The van der Waals surface area contributed by atoms with E-state index in [0.29, 0.717) is 18.1 Å². The van der Waals surface area contributed by atoms with Gasteiger partial charge in [-0.05, 0) is 35.2 Å². The Bertz CT molecular complexity index is 779. The van der Waals surface area contributed by atoms with Crippen LogP contribution in [-0.4, -0.2) is 0 Å². The van der Waals surface area contributed by atoms with Gasteiger partial charge in [0.1, 0.15) is 0 Å². The predicted molar refractivity (Wildman–Crippen MR) is 76.0 cm³/mol. The van der Waals surface area contributed by atoms with E-state index in [2.05, 4.69) is 0 Å². The lowest BCUT2D eigenvalue weighted by Gasteiger charge is -2.18. The zero-order valence-corrected chi connectivity index (χ0v) is 12.4. The van der Waals surface area contributed by atoms with Gasteiger partial charge in [0.2, 0.25) is 0 Å². The summed E-state index contributed by atoms with van der Waals surface area (Å²) >= 11 is 0. The third kappa shape index (κ3) is 3.53. The molecule has 24 heavy (non-hydrogen) atoms. The Kier molecular flexibility index (Phi) is 4.61. The van der Waals surface area contributed by atoms with Crippen LogP contribution >= 0.6 is 0 Å². The van der Waals surface area contributed by atoms with Crippen LogP contribution < -0.4 is 0 Å². The van der Waals surface area contributed by atoms with Crippen LogP contribution in [0.15, 0.2) is 36.4 Å². The minimum absolute atomic E-state index is 0.0884. The Morgan fingerprint density at radius 1 is 0.875 bits per heavy atom. The van der Waals surface area contributed by atoms with Crippen molar-refractivity contribution in [2.45, 2.75) is 25.7 Å². The highest BCUT2D eigenvalue weighted by atomic mass is 19.4. The lowest BCUT2D eigenvalue weighted by molar-refractivity contribution is -0.162. The molecule has 2 aromatic rings. The molecule has 0 aliphatic carbocycles. The molecule has 0 amide bonds. The van der Waals surface area contributed by atoms with E-state index in [4.69, 9.17) is 5.26 Å². The fraction of sp³-hybridized carbons (Fsp3) is 0.235. The Balaban J connectivity index is 2.74. The highest BCUT2D eigenvalue weighted by Gasteiger charge is 2.45. The van der Waals surface area contributed by atoms with E-state index in [1.54, 1.807) is 12.1 Å². The summed E-state index contributed by atoms with van der Waals surface area (Å²) in [6.45, 7) is 1.89. The summed E-state index contributed by atoms with van der Waals surface area (Å²) in [5, 5.41) is 8.91. The molecular weight excluding hydrogens is 332 g/mol. The normalized spacial score (nSPS) is 12.1. The second-order valence-corrected chi connectivity index (χ2v) is 5.10. The molecule has 0 N–H and O–H groups in total. The predicted octanol–water partition coefficient (Wildman–Crippen LogP) is 5.83. The summed E-state index contributed by atoms with van der Waals surface area (Å²) in [6, 6.07) is 8.87. The van der Waals surface area contributed by atoms with Crippen LogP contribution in [0.3, 0.4) is 0 Å². The van der Waals surface area contributed by atoms with Gasteiger partial charge in [-0.1, -0.05) is 31.2 Å². The summed E-state index contributed by atoms with van der Waals surface area (Å²) in [7, 11) is 0. The Morgan fingerprint density at radius 2 is 1.46 bits per heavy atom. The number of nitrogens with zero attached hydrogens (tertiary/aromatic N) is 1. The molecule has 0 fully saturated rings. The number of halogens is 6. The van der Waals surface area contributed by atoms with E-state index >= 15 is 0 Å². The Hall–Kier alpha value is -2.49. The first-order chi connectivity index (χ1) is 11.1. The van der Waals surface area contributed by atoms with E-state index in [-0.39, 0.29) is 5.56 Å². The van der Waals surface area contributed by atoms with Crippen molar-refractivity contribution in [2.75, 3.05) is 0 Å². The number of aryl methyl sites for hydroxylation is 1. The van der Waals surface area contributed by atoms with Crippen molar-refractivity contribution < 1.29 is 26.3 Å².